The average Bonchev–Trinajstić information content (AvgIpc) is 2.39. The number of aliphatic carboxylic acids is 1. The van der Waals surface area contributed by atoms with Gasteiger partial charge in [-0.15, -0.1) is 23.5 Å². The first kappa shape index (κ1) is 9.22. The van der Waals surface area contributed by atoms with Gasteiger partial charge in [-0.1, -0.05) is 0 Å². The van der Waals surface area contributed by atoms with Crippen LogP contribution in [0.4, 0.5) is 0 Å². The zero-order valence-corrected chi connectivity index (χ0v) is 7.53. The summed E-state index contributed by atoms with van der Waals surface area (Å²) in [5, 5.41) is 17.3. The summed E-state index contributed by atoms with van der Waals surface area (Å²) in [6.07, 6.45) is -0.817. The maximum absolute atomic E-state index is 10.2. The normalized spacial score (nSPS) is 21.9. The summed E-state index contributed by atoms with van der Waals surface area (Å²) in [5.41, 5.74) is 0. The number of hydrogen-bond donors (Lipinski definition) is 2. The van der Waals surface area contributed by atoms with Gasteiger partial charge in [0.1, 0.15) is 0 Å². The number of carboxylic acids is 1. The molecule has 2 N–H and O–H groups in total. The van der Waals surface area contributed by atoms with Gasteiger partial charge in [0, 0.05) is 17.9 Å². The molecule has 1 aliphatic heterocycles. The Balaban J connectivity index is 2.23. The lowest BCUT2D eigenvalue weighted by molar-refractivity contribution is -0.146. The second kappa shape index (κ2) is 4.23. The fourth-order valence-electron chi connectivity index (χ4n) is 0.826. The Bertz CT molecular complexity index is 145. The summed E-state index contributed by atoms with van der Waals surface area (Å²) >= 11 is 3.46. The topological polar surface area (TPSA) is 57.5 Å². The van der Waals surface area contributed by atoms with Crippen molar-refractivity contribution in [3.63, 3.8) is 0 Å². The number of carboxylic acid groups (broad SMARTS) is 1. The van der Waals surface area contributed by atoms with E-state index in [1.165, 1.54) is 0 Å². The summed E-state index contributed by atoms with van der Waals surface area (Å²) in [7, 11) is 0. The zero-order valence-electron chi connectivity index (χ0n) is 5.90. The van der Waals surface area contributed by atoms with E-state index in [9.17, 15) is 4.79 Å². The largest absolute Gasteiger partial charge is 0.479 e. The van der Waals surface area contributed by atoms with Crippen LogP contribution >= 0.6 is 23.5 Å². The van der Waals surface area contributed by atoms with Crippen LogP contribution < -0.4 is 0 Å². The molecule has 0 aromatic heterocycles. The standard InChI is InChI=1S/C6H10O3S2/c7-4(6(8)9)3-5-10-1-2-11-5/h4-5,7H,1-3H2,(H,8,9)/t4-/m0/s1. The molecule has 0 amide bonds. The fraction of sp³-hybridized carbons (Fsp3) is 0.833. The molecule has 0 aliphatic carbocycles. The molecule has 0 unspecified atom stereocenters. The zero-order chi connectivity index (χ0) is 8.27. The third-order valence-electron chi connectivity index (χ3n) is 1.39. The van der Waals surface area contributed by atoms with Crippen molar-refractivity contribution in [1.29, 1.82) is 0 Å². The summed E-state index contributed by atoms with van der Waals surface area (Å²) in [6.45, 7) is 0. The van der Waals surface area contributed by atoms with E-state index >= 15 is 0 Å². The lowest BCUT2D eigenvalue weighted by atomic mass is 10.3. The van der Waals surface area contributed by atoms with Gasteiger partial charge in [0.2, 0.25) is 0 Å². The van der Waals surface area contributed by atoms with Gasteiger partial charge in [0.25, 0.3) is 0 Å². The Hall–Kier alpha value is 0.130. The Morgan fingerprint density at radius 2 is 2.09 bits per heavy atom. The molecule has 0 aromatic rings. The number of aliphatic hydroxyl groups excluding tert-OH is 1. The summed E-state index contributed by atoms with van der Waals surface area (Å²) < 4.78 is 0.279. The number of aliphatic hydroxyl groups is 1. The van der Waals surface area contributed by atoms with Crippen molar-refractivity contribution < 1.29 is 15.0 Å². The first-order valence-electron chi connectivity index (χ1n) is 3.34. The van der Waals surface area contributed by atoms with Gasteiger partial charge in [-0.2, -0.15) is 0 Å². The van der Waals surface area contributed by atoms with Crippen LogP contribution in [0.1, 0.15) is 6.42 Å². The van der Waals surface area contributed by atoms with Crippen LogP contribution in [-0.2, 0) is 4.79 Å². The smallest absolute Gasteiger partial charge is 0.332 e. The highest BCUT2D eigenvalue weighted by Gasteiger charge is 2.23. The Morgan fingerprint density at radius 3 is 2.55 bits per heavy atom. The van der Waals surface area contributed by atoms with E-state index in [0.717, 1.165) is 11.5 Å². The van der Waals surface area contributed by atoms with Crippen LogP contribution in [0.25, 0.3) is 0 Å². The fourth-order valence-corrected chi connectivity index (χ4v) is 3.72. The van der Waals surface area contributed by atoms with Crippen molar-refractivity contribution in [1.82, 2.24) is 0 Å². The number of rotatable bonds is 3. The lowest BCUT2D eigenvalue weighted by Crippen LogP contribution is -2.22. The SMILES string of the molecule is O=C(O)[C@@H](O)CC1SCCS1. The van der Waals surface area contributed by atoms with E-state index in [0.29, 0.717) is 6.42 Å². The maximum Gasteiger partial charge on any atom is 0.332 e. The van der Waals surface area contributed by atoms with Crippen LogP contribution in [0.3, 0.4) is 0 Å². The minimum atomic E-state index is -1.18. The third kappa shape index (κ3) is 2.92. The molecule has 1 aliphatic rings. The summed E-state index contributed by atoms with van der Waals surface area (Å²) in [5.74, 6) is 1.03. The minimum Gasteiger partial charge on any atom is -0.479 e. The number of carbonyl (C=O) groups is 1. The molecule has 1 heterocycles. The molecule has 1 fully saturated rings. The van der Waals surface area contributed by atoms with Crippen molar-refractivity contribution in [3.05, 3.63) is 0 Å². The van der Waals surface area contributed by atoms with E-state index in [1.54, 1.807) is 23.5 Å². The molecule has 0 radical (unpaired) electrons. The van der Waals surface area contributed by atoms with Gasteiger partial charge >= 0.3 is 5.97 Å². The summed E-state index contributed by atoms with van der Waals surface area (Å²) in [4.78, 5) is 10.2. The maximum atomic E-state index is 10.2. The first-order chi connectivity index (χ1) is 5.20. The van der Waals surface area contributed by atoms with Gasteiger partial charge in [0.05, 0.1) is 4.58 Å². The second-order valence-electron chi connectivity index (χ2n) is 2.26. The van der Waals surface area contributed by atoms with Gasteiger partial charge in [0.15, 0.2) is 6.10 Å². The van der Waals surface area contributed by atoms with E-state index in [1.807, 2.05) is 0 Å². The number of hydrogen-bond acceptors (Lipinski definition) is 4. The molecule has 3 nitrogen and oxygen atoms in total. The lowest BCUT2D eigenvalue weighted by Gasteiger charge is -2.09. The van der Waals surface area contributed by atoms with Crippen LogP contribution in [0, 0.1) is 0 Å². The van der Waals surface area contributed by atoms with Crippen LogP contribution in [0.15, 0.2) is 0 Å². The molecule has 0 saturated carbocycles. The molecule has 64 valence electrons. The van der Waals surface area contributed by atoms with Crippen molar-refractivity contribution >= 4 is 29.5 Å². The molecule has 5 heteroatoms. The Labute approximate surface area is 73.6 Å². The van der Waals surface area contributed by atoms with Crippen molar-refractivity contribution in [2.24, 2.45) is 0 Å². The third-order valence-corrected chi connectivity index (χ3v) is 4.47. The van der Waals surface area contributed by atoms with Crippen molar-refractivity contribution in [3.8, 4) is 0 Å². The minimum absolute atomic E-state index is 0.279. The molecule has 1 rings (SSSR count). The van der Waals surface area contributed by atoms with Crippen molar-refractivity contribution in [2.75, 3.05) is 11.5 Å². The van der Waals surface area contributed by atoms with Gasteiger partial charge in [-0.05, 0) is 0 Å². The van der Waals surface area contributed by atoms with E-state index < -0.39 is 12.1 Å². The monoisotopic (exact) mass is 194 g/mol. The van der Waals surface area contributed by atoms with Crippen LogP contribution in [0.2, 0.25) is 0 Å². The number of thioether (sulfide) groups is 2. The second-order valence-corrected chi connectivity index (χ2v) is 5.18. The van der Waals surface area contributed by atoms with E-state index in [2.05, 4.69) is 0 Å². The molecule has 0 aromatic carbocycles. The predicted octanol–water partition coefficient (Wildman–Crippen LogP) is 0.628. The molecule has 0 bridgehead atoms. The Morgan fingerprint density at radius 1 is 1.55 bits per heavy atom. The van der Waals surface area contributed by atoms with Gasteiger partial charge in [-0.3, -0.25) is 0 Å². The highest BCUT2D eigenvalue weighted by molar-refractivity contribution is 8.20. The molecular formula is C6H10O3S2. The predicted molar refractivity (Wildman–Crippen MR) is 47.0 cm³/mol. The first-order valence-corrected chi connectivity index (χ1v) is 5.44. The van der Waals surface area contributed by atoms with Crippen LogP contribution in [-0.4, -0.2) is 38.4 Å². The molecule has 11 heavy (non-hydrogen) atoms. The quantitative estimate of drug-likeness (QED) is 0.690. The highest BCUT2D eigenvalue weighted by atomic mass is 32.2. The average molecular weight is 194 g/mol. The van der Waals surface area contributed by atoms with Crippen LogP contribution in [0.5, 0.6) is 0 Å². The van der Waals surface area contributed by atoms with Crippen molar-refractivity contribution in [2.45, 2.75) is 17.1 Å². The van der Waals surface area contributed by atoms with E-state index in [4.69, 9.17) is 10.2 Å². The molecule has 1 atom stereocenters. The highest BCUT2D eigenvalue weighted by Crippen LogP contribution is 2.34. The summed E-state index contributed by atoms with van der Waals surface area (Å²) in [6, 6.07) is 0. The molecular weight excluding hydrogens is 184 g/mol. The molecule has 1 saturated heterocycles. The van der Waals surface area contributed by atoms with Gasteiger partial charge in [-0.25, -0.2) is 4.79 Å². The Kier molecular flexibility index (Phi) is 3.54. The van der Waals surface area contributed by atoms with E-state index in [-0.39, 0.29) is 4.58 Å². The molecule has 0 spiro atoms. The van der Waals surface area contributed by atoms with Gasteiger partial charge < -0.3 is 10.2 Å².